The van der Waals surface area contributed by atoms with Crippen LogP contribution >= 0.6 is 31.9 Å². The number of halogens is 2. The molecule has 1 aliphatic heterocycles. The zero-order valence-electron chi connectivity index (χ0n) is 9.33. The topological polar surface area (TPSA) is 55.5 Å². The van der Waals surface area contributed by atoms with Crippen molar-refractivity contribution in [2.45, 2.75) is 18.9 Å². The second kappa shape index (κ2) is 5.69. The summed E-state index contributed by atoms with van der Waals surface area (Å²) in [5.41, 5.74) is 7.04. The standard InChI is InChI=1S/C12H15Br2NO2/c13-8-5-9(12(16)10(14)6-8)11(15)7-1-3-17-4-2-7/h5-7,11,16H,1-4,15H2/t11-/m0/s1. The predicted octanol–water partition coefficient (Wildman–Crippen LogP) is 3.34. The molecule has 0 unspecified atom stereocenters. The number of rotatable bonds is 2. The fourth-order valence-electron chi connectivity index (χ4n) is 2.17. The molecule has 1 saturated heterocycles. The van der Waals surface area contributed by atoms with Crippen LogP contribution in [0, 0.1) is 5.92 Å². The molecule has 1 aromatic rings. The molecule has 1 aliphatic rings. The molecule has 0 bridgehead atoms. The molecule has 0 radical (unpaired) electrons. The van der Waals surface area contributed by atoms with Crippen LogP contribution in [-0.2, 0) is 4.74 Å². The van der Waals surface area contributed by atoms with Crippen molar-refractivity contribution in [3.8, 4) is 5.75 Å². The van der Waals surface area contributed by atoms with Crippen molar-refractivity contribution in [1.82, 2.24) is 0 Å². The lowest BCUT2D eigenvalue weighted by Crippen LogP contribution is -2.27. The summed E-state index contributed by atoms with van der Waals surface area (Å²) in [7, 11) is 0. The number of hydrogen-bond donors (Lipinski definition) is 2. The lowest BCUT2D eigenvalue weighted by molar-refractivity contribution is 0.0581. The maximum Gasteiger partial charge on any atom is 0.134 e. The third kappa shape index (κ3) is 3.02. The van der Waals surface area contributed by atoms with Crippen molar-refractivity contribution in [1.29, 1.82) is 0 Å². The highest BCUT2D eigenvalue weighted by atomic mass is 79.9. The monoisotopic (exact) mass is 363 g/mol. The van der Waals surface area contributed by atoms with Crippen LogP contribution in [0.1, 0.15) is 24.4 Å². The Balaban J connectivity index is 2.26. The highest BCUT2D eigenvalue weighted by molar-refractivity contribution is 9.11. The number of ether oxygens (including phenoxy) is 1. The van der Waals surface area contributed by atoms with Crippen molar-refractivity contribution in [2.24, 2.45) is 11.7 Å². The molecule has 2 rings (SSSR count). The number of nitrogens with two attached hydrogens (primary N) is 1. The molecular weight excluding hydrogens is 350 g/mol. The maximum atomic E-state index is 10.0. The molecule has 1 atom stereocenters. The van der Waals surface area contributed by atoms with Gasteiger partial charge in [-0.15, -0.1) is 0 Å². The first kappa shape index (κ1) is 13.3. The minimum absolute atomic E-state index is 0.146. The van der Waals surface area contributed by atoms with Crippen LogP contribution < -0.4 is 5.73 Å². The van der Waals surface area contributed by atoms with E-state index >= 15 is 0 Å². The molecule has 0 amide bonds. The Labute approximate surface area is 118 Å². The van der Waals surface area contributed by atoms with Crippen molar-refractivity contribution in [3.63, 3.8) is 0 Å². The first-order valence-electron chi connectivity index (χ1n) is 5.61. The van der Waals surface area contributed by atoms with Gasteiger partial charge in [-0.1, -0.05) is 15.9 Å². The summed E-state index contributed by atoms with van der Waals surface area (Å²) in [6, 6.07) is 3.56. The van der Waals surface area contributed by atoms with Gasteiger partial charge in [-0.3, -0.25) is 0 Å². The third-order valence-electron chi connectivity index (χ3n) is 3.19. The van der Waals surface area contributed by atoms with E-state index in [9.17, 15) is 5.11 Å². The molecule has 1 heterocycles. The molecule has 0 aliphatic carbocycles. The molecule has 1 fully saturated rings. The van der Waals surface area contributed by atoms with Gasteiger partial charge in [0.05, 0.1) is 4.47 Å². The Morgan fingerprint density at radius 3 is 2.59 bits per heavy atom. The Kier molecular flexibility index (Phi) is 4.47. The summed E-state index contributed by atoms with van der Waals surface area (Å²) >= 11 is 6.75. The molecule has 5 heteroatoms. The smallest absolute Gasteiger partial charge is 0.134 e. The van der Waals surface area contributed by atoms with E-state index in [1.54, 1.807) is 0 Å². The van der Waals surface area contributed by atoms with Crippen molar-refractivity contribution >= 4 is 31.9 Å². The Bertz CT molecular complexity index is 406. The largest absolute Gasteiger partial charge is 0.506 e. The van der Waals surface area contributed by atoms with Gasteiger partial charge in [0.25, 0.3) is 0 Å². The van der Waals surface area contributed by atoms with Crippen LogP contribution in [0.2, 0.25) is 0 Å². The third-order valence-corrected chi connectivity index (χ3v) is 4.25. The maximum absolute atomic E-state index is 10.0. The van der Waals surface area contributed by atoms with Crippen molar-refractivity contribution in [2.75, 3.05) is 13.2 Å². The number of phenolic OH excluding ortho intramolecular Hbond substituents is 1. The molecule has 0 saturated carbocycles. The normalized spacial score (nSPS) is 19.2. The molecule has 3 nitrogen and oxygen atoms in total. The lowest BCUT2D eigenvalue weighted by Gasteiger charge is -2.28. The zero-order valence-corrected chi connectivity index (χ0v) is 12.5. The van der Waals surface area contributed by atoms with Gasteiger partial charge in [0.15, 0.2) is 0 Å². The number of benzene rings is 1. The Hall–Kier alpha value is -0.100. The lowest BCUT2D eigenvalue weighted by atomic mass is 9.87. The van der Waals surface area contributed by atoms with E-state index in [0.717, 1.165) is 36.1 Å². The van der Waals surface area contributed by atoms with Gasteiger partial charge in [0.2, 0.25) is 0 Å². The summed E-state index contributed by atoms with van der Waals surface area (Å²) in [6.45, 7) is 1.52. The summed E-state index contributed by atoms with van der Waals surface area (Å²) in [5.74, 6) is 0.614. The number of phenols is 1. The first-order valence-corrected chi connectivity index (χ1v) is 7.19. The highest BCUT2D eigenvalue weighted by Crippen LogP contribution is 2.38. The average Bonchev–Trinajstić information content (AvgIpc) is 2.34. The Morgan fingerprint density at radius 2 is 1.94 bits per heavy atom. The van der Waals surface area contributed by atoms with Crippen LogP contribution in [0.15, 0.2) is 21.1 Å². The first-order chi connectivity index (χ1) is 8.09. The predicted molar refractivity (Wildman–Crippen MR) is 74.0 cm³/mol. The quantitative estimate of drug-likeness (QED) is 0.846. The summed E-state index contributed by atoms with van der Waals surface area (Å²) in [6.07, 6.45) is 1.90. The average molecular weight is 365 g/mol. The molecule has 94 valence electrons. The van der Waals surface area contributed by atoms with E-state index in [0.29, 0.717) is 10.4 Å². The molecule has 17 heavy (non-hydrogen) atoms. The minimum atomic E-state index is -0.146. The minimum Gasteiger partial charge on any atom is -0.506 e. The zero-order chi connectivity index (χ0) is 12.4. The molecule has 0 aromatic heterocycles. The van der Waals surface area contributed by atoms with Crippen LogP contribution in [0.5, 0.6) is 5.75 Å². The van der Waals surface area contributed by atoms with E-state index in [1.165, 1.54) is 0 Å². The fraction of sp³-hybridized carbons (Fsp3) is 0.500. The highest BCUT2D eigenvalue weighted by Gasteiger charge is 2.25. The summed E-state index contributed by atoms with van der Waals surface area (Å²) in [5, 5.41) is 10.0. The van der Waals surface area contributed by atoms with Gasteiger partial charge in [0, 0.05) is 29.3 Å². The van der Waals surface area contributed by atoms with Crippen LogP contribution in [0.3, 0.4) is 0 Å². The van der Waals surface area contributed by atoms with Crippen LogP contribution in [-0.4, -0.2) is 18.3 Å². The SMILES string of the molecule is N[C@H](c1cc(Br)cc(Br)c1O)C1CCOCC1. The van der Waals surface area contributed by atoms with Gasteiger partial charge in [-0.05, 0) is 46.8 Å². The summed E-state index contributed by atoms with van der Waals surface area (Å²) in [4.78, 5) is 0. The number of hydrogen-bond acceptors (Lipinski definition) is 3. The molecule has 3 N–H and O–H groups in total. The van der Waals surface area contributed by atoms with Gasteiger partial charge in [0.1, 0.15) is 5.75 Å². The second-order valence-corrected chi connectivity index (χ2v) is 6.07. The second-order valence-electron chi connectivity index (χ2n) is 4.30. The number of aromatic hydroxyl groups is 1. The molecule has 1 aromatic carbocycles. The van der Waals surface area contributed by atoms with Crippen LogP contribution in [0.25, 0.3) is 0 Å². The van der Waals surface area contributed by atoms with E-state index in [-0.39, 0.29) is 11.8 Å². The van der Waals surface area contributed by atoms with Gasteiger partial charge < -0.3 is 15.6 Å². The van der Waals surface area contributed by atoms with E-state index in [1.807, 2.05) is 12.1 Å². The van der Waals surface area contributed by atoms with Gasteiger partial charge in [-0.2, -0.15) is 0 Å². The van der Waals surface area contributed by atoms with Crippen molar-refractivity contribution < 1.29 is 9.84 Å². The Morgan fingerprint density at radius 1 is 1.29 bits per heavy atom. The van der Waals surface area contributed by atoms with Gasteiger partial charge >= 0.3 is 0 Å². The van der Waals surface area contributed by atoms with Crippen LogP contribution in [0.4, 0.5) is 0 Å². The molecule has 0 spiro atoms. The van der Waals surface area contributed by atoms with E-state index < -0.39 is 0 Å². The molecular formula is C12H15Br2NO2. The van der Waals surface area contributed by atoms with E-state index in [2.05, 4.69) is 31.9 Å². The summed E-state index contributed by atoms with van der Waals surface area (Å²) < 4.78 is 6.91. The van der Waals surface area contributed by atoms with E-state index in [4.69, 9.17) is 10.5 Å². The fourth-order valence-corrected chi connectivity index (χ4v) is 3.43. The van der Waals surface area contributed by atoms with Crippen molar-refractivity contribution in [3.05, 3.63) is 26.6 Å². The van der Waals surface area contributed by atoms with Gasteiger partial charge in [-0.25, -0.2) is 0 Å².